The summed E-state index contributed by atoms with van der Waals surface area (Å²) in [5, 5.41) is 7.78. The monoisotopic (exact) mass is 475 g/mol. The van der Waals surface area contributed by atoms with Crippen molar-refractivity contribution in [1.29, 1.82) is 0 Å². The Morgan fingerprint density at radius 1 is 0.444 bits per heavy atom. The molecule has 0 radical (unpaired) electrons. The van der Waals surface area contributed by atoms with Crippen molar-refractivity contribution in [3.63, 3.8) is 0 Å². The van der Waals surface area contributed by atoms with E-state index in [2.05, 4.69) is 132 Å². The fourth-order valence-corrected chi connectivity index (χ4v) is 6.84. The predicted octanol–water partition coefficient (Wildman–Crippen LogP) is 9.97. The minimum atomic E-state index is 1.20. The summed E-state index contributed by atoms with van der Waals surface area (Å²) in [5.41, 5.74) is 6.20. The van der Waals surface area contributed by atoms with Crippen LogP contribution in [-0.2, 0) is 0 Å². The maximum atomic E-state index is 2.42. The molecule has 0 atom stereocenters. The summed E-state index contributed by atoms with van der Waals surface area (Å²) in [6, 6.07) is 46.6. The number of benzene rings is 6. The van der Waals surface area contributed by atoms with Crippen LogP contribution in [0, 0.1) is 0 Å². The third kappa shape index (κ3) is 2.82. The van der Waals surface area contributed by atoms with E-state index in [-0.39, 0.29) is 0 Å². The van der Waals surface area contributed by atoms with Gasteiger partial charge in [0, 0.05) is 36.6 Å². The molecule has 0 aliphatic rings. The zero-order valence-electron chi connectivity index (χ0n) is 19.5. The fraction of sp³-hybridized carbons (Fsp3) is 0. The normalized spacial score (nSPS) is 11.9. The third-order valence-corrected chi connectivity index (χ3v) is 8.54. The van der Waals surface area contributed by atoms with Crippen molar-refractivity contribution in [1.82, 2.24) is 4.57 Å². The Morgan fingerprint density at radius 2 is 1.17 bits per heavy atom. The number of rotatable bonds is 2. The lowest BCUT2D eigenvalue weighted by Crippen LogP contribution is -1.93. The molecule has 168 valence electrons. The highest BCUT2D eigenvalue weighted by Crippen LogP contribution is 2.39. The lowest BCUT2D eigenvalue weighted by Gasteiger charge is -2.10. The summed E-state index contributed by atoms with van der Waals surface area (Å²) in [6.07, 6.45) is 0. The SMILES string of the molecule is c1ccc2c(-c3ccc4c(c3)c3ccccc3n4-c3ccc4sc5ccccc5c4c3)cccc2c1. The first-order chi connectivity index (χ1) is 17.8. The first kappa shape index (κ1) is 19.9. The van der Waals surface area contributed by atoms with E-state index in [1.54, 1.807) is 0 Å². The van der Waals surface area contributed by atoms with Crippen molar-refractivity contribution in [2.24, 2.45) is 0 Å². The lowest BCUT2D eigenvalue weighted by molar-refractivity contribution is 1.19. The maximum absolute atomic E-state index is 2.42. The predicted molar refractivity (Wildman–Crippen MR) is 157 cm³/mol. The molecule has 0 bridgehead atoms. The number of hydrogen-bond donors (Lipinski definition) is 0. The van der Waals surface area contributed by atoms with Crippen molar-refractivity contribution in [3.8, 4) is 16.8 Å². The molecule has 8 aromatic rings. The molecule has 36 heavy (non-hydrogen) atoms. The largest absolute Gasteiger partial charge is 0.309 e. The highest BCUT2D eigenvalue weighted by Gasteiger charge is 2.15. The van der Waals surface area contributed by atoms with Gasteiger partial charge in [-0.15, -0.1) is 11.3 Å². The van der Waals surface area contributed by atoms with Gasteiger partial charge in [-0.05, 0) is 64.4 Å². The molecule has 8 rings (SSSR count). The second-order valence-electron chi connectivity index (χ2n) is 9.39. The molecule has 0 N–H and O–H groups in total. The molecule has 0 unspecified atom stereocenters. The van der Waals surface area contributed by atoms with Crippen molar-refractivity contribution in [2.75, 3.05) is 0 Å². The van der Waals surface area contributed by atoms with Gasteiger partial charge in [-0.3, -0.25) is 0 Å². The van der Waals surface area contributed by atoms with Crippen LogP contribution in [0.5, 0.6) is 0 Å². The van der Waals surface area contributed by atoms with Crippen LogP contribution in [0.3, 0.4) is 0 Å². The van der Waals surface area contributed by atoms with Gasteiger partial charge in [0.2, 0.25) is 0 Å². The highest BCUT2D eigenvalue weighted by molar-refractivity contribution is 7.25. The highest BCUT2D eigenvalue weighted by atomic mass is 32.1. The minimum Gasteiger partial charge on any atom is -0.309 e. The third-order valence-electron chi connectivity index (χ3n) is 7.39. The molecule has 2 aromatic heterocycles. The molecule has 0 fully saturated rings. The molecule has 0 aliphatic carbocycles. The smallest absolute Gasteiger partial charge is 0.0541 e. The van der Waals surface area contributed by atoms with Crippen LogP contribution < -0.4 is 0 Å². The van der Waals surface area contributed by atoms with Gasteiger partial charge < -0.3 is 4.57 Å². The number of aromatic nitrogens is 1. The van der Waals surface area contributed by atoms with E-state index in [1.807, 2.05) is 11.3 Å². The average molecular weight is 476 g/mol. The molecule has 0 aliphatic heterocycles. The molecular weight excluding hydrogens is 454 g/mol. The van der Waals surface area contributed by atoms with Crippen LogP contribution in [0.1, 0.15) is 0 Å². The van der Waals surface area contributed by atoms with E-state index in [9.17, 15) is 0 Å². The van der Waals surface area contributed by atoms with Gasteiger partial charge in [0.1, 0.15) is 0 Å². The molecule has 1 nitrogen and oxygen atoms in total. The Bertz CT molecular complexity index is 2100. The van der Waals surface area contributed by atoms with Crippen LogP contribution >= 0.6 is 11.3 Å². The number of hydrogen-bond acceptors (Lipinski definition) is 1. The van der Waals surface area contributed by atoms with Gasteiger partial charge in [-0.2, -0.15) is 0 Å². The van der Waals surface area contributed by atoms with E-state index in [0.29, 0.717) is 0 Å². The zero-order chi connectivity index (χ0) is 23.6. The summed E-state index contributed by atoms with van der Waals surface area (Å²) >= 11 is 1.87. The summed E-state index contributed by atoms with van der Waals surface area (Å²) in [7, 11) is 0. The number of para-hydroxylation sites is 1. The Hall–Kier alpha value is -4.40. The van der Waals surface area contributed by atoms with Gasteiger partial charge in [0.05, 0.1) is 11.0 Å². The molecule has 0 spiro atoms. The Morgan fingerprint density at radius 3 is 2.11 bits per heavy atom. The average Bonchev–Trinajstić information content (AvgIpc) is 3.47. The van der Waals surface area contributed by atoms with Crippen molar-refractivity contribution in [3.05, 3.63) is 127 Å². The van der Waals surface area contributed by atoms with Crippen LogP contribution in [0.2, 0.25) is 0 Å². The fourth-order valence-electron chi connectivity index (χ4n) is 5.75. The van der Waals surface area contributed by atoms with E-state index in [1.165, 1.54) is 69.6 Å². The van der Waals surface area contributed by atoms with Gasteiger partial charge in [0.15, 0.2) is 0 Å². The number of fused-ring (bicyclic) bond motifs is 7. The Labute approximate surface area is 212 Å². The van der Waals surface area contributed by atoms with Crippen molar-refractivity contribution in [2.45, 2.75) is 0 Å². The van der Waals surface area contributed by atoms with Crippen LogP contribution in [0.25, 0.3) is 69.6 Å². The summed E-state index contributed by atoms with van der Waals surface area (Å²) in [4.78, 5) is 0. The topological polar surface area (TPSA) is 4.93 Å². The van der Waals surface area contributed by atoms with Gasteiger partial charge >= 0.3 is 0 Å². The molecular formula is C34H21NS. The summed E-state index contributed by atoms with van der Waals surface area (Å²) in [5.74, 6) is 0. The Kier molecular flexibility index (Phi) is 4.16. The number of nitrogens with zero attached hydrogens (tertiary/aromatic N) is 1. The summed E-state index contributed by atoms with van der Waals surface area (Å²) < 4.78 is 5.09. The minimum absolute atomic E-state index is 1.20. The molecule has 0 amide bonds. The van der Waals surface area contributed by atoms with Crippen LogP contribution in [0.15, 0.2) is 127 Å². The van der Waals surface area contributed by atoms with Gasteiger partial charge in [-0.1, -0.05) is 84.9 Å². The van der Waals surface area contributed by atoms with Crippen LogP contribution in [0.4, 0.5) is 0 Å². The molecule has 2 heteroatoms. The van der Waals surface area contributed by atoms with E-state index < -0.39 is 0 Å². The van der Waals surface area contributed by atoms with E-state index in [0.717, 1.165) is 0 Å². The first-order valence-electron chi connectivity index (χ1n) is 12.3. The van der Waals surface area contributed by atoms with E-state index >= 15 is 0 Å². The molecule has 2 heterocycles. The molecule has 6 aromatic carbocycles. The lowest BCUT2D eigenvalue weighted by atomic mass is 9.97. The Balaban J connectivity index is 1.41. The van der Waals surface area contributed by atoms with Crippen molar-refractivity contribution < 1.29 is 0 Å². The zero-order valence-corrected chi connectivity index (χ0v) is 20.3. The van der Waals surface area contributed by atoms with Crippen LogP contribution in [-0.4, -0.2) is 4.57 Å². The number of thiophene rings is 1. The van der Waals surface area contributed by atoms with Gasteiger partial charge in [-0.25, -0.2) is 0 Å². The van der Waals surface area contributed by atoms with E-state index in [4.69, 9.17) is 0 Å². The first-order valence-corrected chi connectivity index (χ1v) is 13.1. The van der Waals surface area contributed by atoms with Crippen molar-refractivity contribution >= 4 is 64.1 Å². The maximum Gasteiger partial charge on any atom is 0.0541 e. The molecule has 0 saturated heterocycles. The standard InChI is InChI=1S/C34H21NS/c1-2-10-25-22(8-1)9-7-13-26(25)23-16-18-32-29(20-23)27-11-3-5-14-31(27)35(32)24-17-19-34-30(21-24)28-12-4-6-15-33(28)36-34/h1-21H. The summed E-state index contributed by atoms with van der Waals surface area (Å²) in [6.45, 7) is 0. The van der Waals surface area contributed by atoms with Gasteiger partial charge in [0.25, 0.3) is 0 Å². The second kappa shape index (κ2) is 7.55. The molecule has 0 saturated carbocycles. The quantitative estimate of drug-likeness (QED) is 0.234. The second-order valence-corrected chi connectivity index (χ2v) is 10.5.